The molecule has 0 aliphatic heterocycles. The minimum absolute atomic E-state index is 0.0302. The van der Waals surface area contributed by atoms with Crippen LogP contribution in [0.15, 0.2) is 29.3 Å². The highest BCUT2D eigenvalue weighted by atomic mass is 16.4. The van der Waals surface area contributed by atoms with Crippen LogP contribution in [-0.2, 0) is 44.8 Å². The van der Waals surface area contributed by atoms with E-state index in [1.54, 1.807) is 0 Å². The number of hydrogen-bond donors (Lipinski definition) is 14. The lowest BCUT2D eigenvalue weighted by Gasteiger charge is -2.27. The number of carbonyl (C=O) groups is 8. The van der Waals surface area contributed by atoms with E-state index in [0.29, 0.717) is 5.56 Å². The van der Waals surface area contributed by atoms with Crippen LogP contribution in [0.25, 0.3) is 0 Å². The minimum Gasteiger partial charge on any atom is -0.508 e. The number of aliphatic carboxylic acids is 1. The lowest BCUT2D eigenvalue weighted by atomic mass is 10.0. The van der Waals surface area contributed by atoms with E-state index in [9.17, 15) is 58.8 Å². The van der Waals surface area contributed by atoms with E-state index in [1.165, 1.54) is 31.2 Å². The van der Waals surface area contributed by atoms with Gasteiger partial charge in [-0.05, 0) is 44.4 Å². The molecule has 300 valence electrons. The summed E-state index contributed by atoms with van der Waals surface area (Å²) in [7, 11) is 0. The number of carboxylic acid groups (broad SMARTS) is 1. The molecule has 0 unspecified atom stereocenters. The second kappa shape index (κ2) is 22.8. The molecule has 0 saturated heterocycles. The molecule has 0 bridgehead atoms. The molecule has 7 atom stereocenters. The van der Waals surface area contributed by atoms with Crippen molar-refractivity contribution in [3.63, 3.8) is 0 Å². The third-order valence-corrected chi connectivity index (χ3v) is 7.44. The molecule has 7 amide bonds. The molecule has 1 aromatic rings. The van der Waals surface area contributed by atoms with E-state index in [-0.39, 0.29) is 37.5 Å². The van der Waals surface area contributed by atoms with Gasteiger partial charge in [-0.3, -0.25) is 38.6 Å². The smallest absolute Gasteiger partial charge is 0.328 e. The summed E-state index contributed by atoms with van der Waals surface area (Å²) in [6.45, 7) is 0.943. The van der Waals surface area contributed by atoms with Gasteiger partial charge in [0.25, 0.3) is 0 Å². The summed E-state index contributed by atoms with van der Waals surface area (Å²) >= 11 is 0. The van der Waals surface area contributed by atoms with Crippen molar-refractivity contribution >= 4 is 53.3 Å². The number of aliphatic hydroxyl groups excluding tert-OH is 2. The predicted molar refractivity (Wildman–Crippen MR) is 188 cm³/mol. The Morgan fingerprint density at radius 2 is 1.26 bits per heavy atom. The lowest BCUT2D eigenvalue weighted by Crippen LogP contribution is -2.60. The number of rotatable bonds is 23. The van der Waals surface area contributed by atoms with E-state index in [4.69, 9.17) is 22.9 Å². The molecular weight excluding hydrogens is 718 g/mol. The summed E-state index contributed by atoms with van der Waals surface area (Å²) < 4.78 is 0. The Bertz CT molecular complexity index is 1520. The van der Waals surface area contributed by atoms with Gasteiger partial charge in [0, 0.05) is 13.0 Å². The molecule has 1 rings (SSSR count). The summed E-state index contributed by atoms with van der Waals surface area (Å²) in [6, 6.07) is -4.02. The SMILES string of the molecule is C[C@H](NC(=O)CN)C(=O)N[C@@H](CO)C(=O)N[C@@H](CC(N)=O)C(=O)N[C@@H](CCCN=C(N)N)C(=O)N[C@@H](Cc1ccc(O)cc1)C(=O)N[C@H](C(=O)O)[C@@H](C)O. The maximum atomic E-state index is 13.7. The van der Waals surface area contributed by atoms with E-state index in [0.717, 1.165) is 6.92 Å². The van der Waals surface area contributed by atoms with Gasteiger partial charge in [0.1, 0.15) is 36.0 Å². The number of carbonyl (C=O) groups excluding carboxylic acids is 7. The normalized spacial score (nSPS) is 14.6. The van der Waals surface area contributed by atoms with Gasteiger partial charge in [-0.25, -0.2) is 4.79 Å². The number of aromatic hydroxyl groups is 1. The molecule has 23 heteroatoms. The topological polar surface area (TPSA) is 406 Å². The number of nitrogens with one attached hydrogen (secondary N) is 6. The number of aliphatic hydroxyl groups is 2. The average Bonchev–Trinajstić information content (AvgIpc) is 3.09. The monoisotopic (exact) mass is 767 g/mol. The molecule has 0 saturated carbocycles. The van der Waals surface area contributed by atoms with Gasteiger partial charge >= 0.3 is 5.97 Å². The van der Waals surface area contributed by atoms with Crippen molar-refractivity contribution in [3.8, 4) is 5.75 Å². The van der Waals surface area contributed by atoms with Crippen molar-refractivity contribution in [2.75, 3.05) is 19.7 Å². The Morgan fingerprint density at radius 1 is 0.741 bits per heavy atom. The Morgan fingerprint density at radius 3 is 1.78 bits per heavy atom. The molecule has 0 spiro atoms. The summed E-state index contributed by atoms with van der Waals surface area (Å²) in [6.07, 6.45) is -2.78. The first kappa shape index (κ1) is 46.0. The lowest BCUT2D eigenvalue weighted by molar-refractivity contribution is -0.145. The van der Waals surface area contributed by atoms with E-state index >= 15 is 0 Å². The van der Waals surface area contributed by atoms with Gasteiger partial charge < -0.3 is 75.3 Å². The van der Waals surface area contributed by atoms with Crippen LogP contribution in [0.1, 0.15) is 38.7 Å². The first-order valence-corrected chi connectivity index (χ1v) is 16.4. The maximum Gasteiger partial charge on any atom is 0.328 e. The summed E-state index contributed by atoms with van der Waals surface area (Å²) in [5.74, 6) is -8.98. The van der Waals surface area contributed by atoms with Gasteiger partial charge in [-0.15, -0.1) is 0 Å². The van der Waals surface area contributed by atoms with Crippen molar-refractivity contribution in [2.24, 2.45) is 27.9 Å². The van der Waals surface area contributed by atoms with Gasteiger partial charge in [0.15, 0.2) is 12.0 Å². The molecule has 0 fully saturated rings. The molecule has 0 aromatic heterocycles. The zero-order valence-corrected chi connectivity index (χ0v) is 29.6. The number of amides is 7. The highest BCUT2D eigenvalue weighted by Gasteiger charge is 2.34. The number of benzene rings is 1. The number of primary amides is 1. The second-order valence-corrected chi connectivity index (χ2v) is 12.0. The average molecular weight is 768 g/mol. The van der Waals surface area contributed by atoms with Gasteiger partial charge in [0.2, 0.25) is 41.4 Å². The van der Waals surface area contributed by atoms with Crippen LogP contribution in [0.4, 0.5) is 0 Å². The molecule has 1 aromatic carbocycles. The molecular formula is C31H49N11O12. The van der Waals surface area contributed by atoms with Crippen LogP contribution in [0.3, 0.4) is 0 Å². The molecule has 0 aliphatic carbocycles. The number of guanidine groups is 1. The molecule has 54 heavy (non-hydrogen) atoms. The zero-order valence-electron chi connectivity index (χ0n) is 29.6. The number of phenolic OH excluding ortho intramolecular Hbond substituents is 1. The molecule has 0 heterocycles. The Balaban J connectivity index is 3.38. The van der Waals surface area contributed by atoms with Gasteiger partial charge in [-0.2, -0.15) is 0 Å². The predicted octanol–water partition coefficient (Wildman–Crippen LogP) is -6.79. The molecule has 18 N–H and O–H groups in total. The third kappa shape index (κ3) is 16.5. The van der Waals surface area contributed by atoms with E-state index in [2.05, 4.69) is 36.9 Å². The Labute approximate surface area is 309 Å². The Hall–Kier alpha value is -6.07. The minimum atomic E-state index is -1.78. The Kier molecular flexibility index (Phi) is 19.4. The summed E-state index contributed by atoms with van der Waals surface area (Å²) in [5.41, 5.74) is 21.6. The van der Waals surface area contributed by atoms with Crippen LogP contribution in [0.2, 0.25) is 0 Å². The number of nitrogens with two attached hydrogens (primary N) is 4. The van der Waals surface area contributed by atoms with Crippen molar-refractivity contribution in [1.29, 1.82) is 0 Å². The number of carboxylic acids is 1. The summed E-state index contributed by atoms with van der Waals surface area (Å²) in [5, 5.41) is 52.4. The van der Waals surface area contributed by atoms with Crippen LogP contribution in [0, 0.1) is 0 Å². The van der Waals surface area contributed by atoms with Gasteiger partial charge in [-0.1, -0.05) is 12.1 Å². The van der Waals surface area contributed by atoms with Crippen molar-refractivity contribution in [1.82, 2.24) is 31.9 Å². The standard InChI is InChI=1S/C31H49N11O12/c1-14(37-23(47)12-32)25(48)41-21(13-43)29(52)40-20(11-22(33)46)27(50)38-18(4-3-9-36-31(34)35)26(49)39-19(10-16-5-7-17(45)8-6-16)28(51)42-24(15(2)44)30(53)54/h5-8,14-15,18-21,24,43-45H,3-4,9-13,32H2,1-2H3,(H2,33,46)(H,37,47)(H,38,50)(H,39,49)(H,40,52)(H,41,48)(H,42,51)(H,53,54)(H4,34,35,36)/t14-,15+,18-,19-,20-,21-,24-/m0/s1. The number of phenols is 1. The summed E-state index contributed by atoms with van der Waals surface area (Å²) in [4.78, 5) is 105. The first-order chi connectivity index (χ1) is 25.3. The van der Waals surface area contributed by atoms with Crippen LogP contribution in [0.5, 0.6) is 5.75 Å². The van der Waals surface area contributed by atoms with E-state index < -0.39 is 109 Å². The van der Waals surface area contributed by atoms with E-state index in [1.807, 2.05) is 0 Å². The third-order valence-electron chi connectivity index (χ3n) is 7.44. The fourth-order valence-electron chi connectivity index (χ4n) is 4.58. The first-order valence-electron chi connectivity index (χ1n) is 16.4. The molecule has 0 aliphatic rings. The molecule has 23 nitrogen and oxygen atoms in total. The fraction of sp³-hybridized carbons (Fsp3) is 0.516. The second-order valence-electron chi connectivity index (χ2n) is 12.0. The highest BCUT2D eigenvalue weighted by molar-refractivity contribution is 5.98. The molecule has 0 radical (unpaired) electrons. The number of aliphatic imine (C=N–C) groups is 1. The largest absolute Gasteiger partial charge is 0.508 e. The van der Waals surface area contributed by atoms with Crippen LogP contribution in [-0.4, -0.2) is 136 Å². The maximum absolute atomic E-state index is 13.7. The van der Waals surface area contributed by atoms with Crippen molar-refractivity contribution in [3.05, 3.63) is 29.8 Å². The number of nitrogens with zero attached hydrogens (tertiary/aromatic N) is 1. The fourth-order valence-corrected chi connectivity index (χ4v) is 4.58. The number of hydrogen-bond acceptors (Lipinski definition) is 13. The zero-order chi connectivity index (χ0) is 41.1. The van der Waals surface area contributed by atoms with Crippen LogP contribution >= 0.6 is 0 Å². The van der Waals surface area contributed by atoms with Crippen molar-refractivity contribution < 1.29 is 58.8 Å². The van der Waals surface area contributed by atoms with Gasteiger partial charge in [0.05, 0.1) is 25.7 Å². The quantitative estimate of drug-likeness (QED) is 0.0280. The van der Waals surface area contributed by atoms with Crippen molar-refractivity contribution in [2.45, 2.75) is 81.9 Å². The van der Waals surface area contributed by atoms with Crippen LogP contribution < -0.4 is 54.8 Å². The highest BCUT2D eigenvalue weighted by Crippen LogP contribution is 2.13.